The zero-order valence-corrected chi connectivity index (χ0v) is 10.5. The first kappa shape index (κ1) is 14.8. The maximum Gasteiger partial charge on any atom is 0.390 e. The summed E-state index contributed by atoms with van der Waals surface area (Å²) < 4.78 is 36.1. The zero-order chi connectivity index (χ0) is 12.9. The van der Waals surface area contributed by atoms with E-state index in [-0.39, 0.29) is 12.1 Å². The monoisotopic (exact) mass is 252 g/mol. The van der Waals surface area contributed by atoms with Crippen molar-refractivity contribution >= 4 is 0 Å². The Balaban J connectivity index is 2.20. The fourth-order valence-electron chi connectivity index (χ4n) is 2.35. The normalized spacial score (nSPS) is 20.8. The Hall–Kier alpha value is -0.290. The van der Waals surface area contributed by atoms with Gasteiger partial charge in [0.2, 0.25) is 0 Å². The second-order valence-corrected chi connectivity index (χ2v) is 5.34. The second-order valence-electron chi connectivity index (χ2n) is 5.34. The van der Waals surface area contributed by atoms with Gasteiger partial charge in [-0.2, -0.15) is 13.2 Å². The highest BCUT2D eigenvalue weighted by atomic mass is 19.4. The summed E-state index contributed by atoms with van der Waals surface area (Å²) in [6, 6.07) is 0. The van der Waals surface area contributed by atoms with E-state index in [4.69, 9.17) is 5.73 Å². The van der Waals surface area contributed by atoms with E-state index < -0.39 is 12.6 Å². The van der Waals surface area contributed by atoms with Crippen molar-refractivity contribution in [3.8, 4) is 0 Å². The van der Waals surface area contributed by atoms with E-state index in [2.05, 4.69) is 0 Å². The Morgan fingerprint density at radius 2 is 1.71 bits per heavy atom. The smallest absolute Gasteiger partial charge is 0.325 e. The van der Waals surface area contributed by atoms with Gasteiger partial charge in [-0.05, 0) is 32.9 Å². The Bertz CT molecular complexity index is 222. The summed E-state index contributed by atoms with van der Waals surface area (Å²) in [6.07, 6.45) is 1.59. The molecule has 1 saturated carbocycles. The van der Waals surface area contributed by atoms with Crippen LogP contribution in [0.1, 0.15) is 44.9 Å². The van der Waals surface area contributed by atoms with E-state index in [0.717, 1.165) is 32.1 Å². The van der Waals surface area contributed by atoms with Crippen LogP contribution in [0.5, 0.6) is 0 Å². The summed E-state index contributed by atoms with van der Waals surface area (Å²) >= 11 is 0. The topological polar surface area (TPSA) is 29.3 Å². The van der Waals surface area contributed by atoms with E-state index in [9.17, 15) is 13.2 Å². The second kappa shape index (κ2) is 6.05. The number of halogens is 3. The van der Waals surface area contributed by atoms with Crippen LogP contribution in [0.2, 0.25) is 0 Å². The van der Waals surface area contributed by atoms with Crippen LogP contribution in [0.3, 0.4) is 0 Å². The zero-order valence-electron chi connectivity index (χ0n) is 10.5. The van der Waals surface area contributed by atoms with Gasteiger partial charge in [0, 0.05) is 12.1 Å². The fourth-order valence-corrected chi connectivity index (χ4v) is 2.35. The minimum atomic E-state index is -4.06. The lowest BCUT2D eigenvalue weighted by atomic mass is 9.80. The van der Waals surface area contributed by atoms with E-state index in [1.54, 1.807) is 11.9 Å². The predicted molar refractivity (Wildman–Crippen MR) is 62.8 cm³/mol. The van der Waals surface area contributed by atoms with Crippen LogP contribution >= 0.6 is 0 Å². The molecule has 0 aromatic rings. The maximum absolute atomic E-state index is 12.0. The Morgan fingerprint density at radius 3 is 2.24 bits per heavy atom. The lowest BCUT2D eigenvalue weighted by Gasteiger charge is -2.34. The van der Waals surface area contributed by atoms with Crippen molar-refractivity contribution in [2.75, 3.05) is 20.1 Å². The van der Waals surface area contributed by atoms with Crippen LogP contribution < -0.4 is 5.73 Å². The summed E-state index contributed by atoms with van der Waals surface area (Å²) in [6.45, 7) is 0.728. The molecular formula is C12H23F3N2. The first-order valence-electron chi connectivity index (χ1n) is 6.35. The number of nitrogens with two attached hydrogens (primary N) is 1. The molecule has 2 N–H and O–H groups in total. The highest BCUT2D eigenvalue weighted by Gasteiger charge is 2.29. The van der Waals surface area contributed by atoms with Crippen molar-refractivity contribution in [3.05, 3.63) is 0 Å². The van der Waals surface area contributed by atoms with Gasteiger partial charge in [-0.25, -0.2) is 0 Å². The molecule has 0 aliphatic heterocycles. The molecule has 5 heteroatoms. The quantitative estimate of drug-likeness (QED) is 0.815. The molecule has 17 heavy (non-hydrogen) atoms. The van der Waals surface area contributed by atoms with Crippen LogP contribution in [0, 0.1) is 0 Å². The highest BCUT2D eigenvalue weighted by Crippen LogP contribution is 2.28. The molecule has 1 aliphatic carbocycles. The third kappa shape index (κ3) is 6.27. The SMILES string of the molecule is CN(CCC(F)(F)F)CCC1(N)CCCCC1. The van der Waals surface area contributed by atoms with Gasteiger partial charge in [0.1, 0.15) is 0 Å². The number of alkyl halides is 3. The summed E-state index contributed by atoms with van der Waals surface area (Å²) in [5.41, 5.74) is 6.11. The minimum absolute atomic E-state index is 0.0690. The molecule has 0 unspecified atom stereocenters. The number of rotatable bonds is 5. The fraction of sp³-hybridized carbons (Fsp3) is 1.00. The lowest BCUT2D eigenvalue weighted by molar-refractivity contribution is -0.137. The minimum Gasteiger partial charge on any atom is -0.325 e. The Morgan fingerprint density at radius 1 is 1.12 bits per heavy atom. The lowest BCUT2D eigenvalue weighted by Crippen LogP contribution is -2.44. The maximum atomic E-state index is 12.0. The predicted octanol–water partition coefficient (Wildman–Crippen LogP) is 2.92. The molecule has 1 fully saturated rings. The molecule has 0 heterocycles. The molecule has 0 aromatic heterocycles. The van der Waals surface area contributed by atoms with Gasteiger partial charge in [0.05, 0.1) is 6.42 Å². The Kier molecular flexibility index (Phi) is 5.25. The van der Waals surface area contributed by atoms with Gasteiger partial charge >= 0.3 is 6.18 Å². The van der Waals surface area contributed by atoms with Gasteiger partial charge in [0.15, 0.2) is 0 Å². The third-order valence-electron chi connectivity index (χ3n) is 3.62. The Labute approximate surface area is 101 Å². The molecule has 0 radical (unpaired) electrons. The molecule has 0 amide bonds. The average Bonchev–Trinajstić information content (AvgIpc) is 2.24. The van der Waals surface area contributed by atoms with Crippen LogP contribution in [0.4, 0.5) is 13.2 Å². The first-order chi connectivity index (χ1) is 7.81. The van der Waals surface area contributed by atoms with Crippen molar-refractivity contribution in [1.82, 2.24) is 4.90 Å². The molecule has 0 spiro atoms. The summed E-state index contributed by atoms with van der Waals surface area (Å²) in [7, 11) is 1.73. The summed E-state index contributed by atoms with van der Waals surface area (Å²) in [4.78, 5) is 1.73. The molecule has 1 rings (SSSR count). The van der Waals surface area contributed by atoms with Gasteiger partial charge in [-0.1, -0.05) is 19.3 Å². The van der Waals surface area contributed by atoms with Crippen molar-refractivity contribution in [1.29, 1.82) is 0 Å². The largest absolute Gasteiger partial charge is 0.390 e. The molecule has 0 atom stereocenters. The average molecular weight is 252 g/mol. The number of hydrogen-bond donors (Lipinski definition) is 1. The van der Waals surface area contributed by atoms with Gasteiger partial charge in [-0.15, -0.1) is 0 Å². The van der Waals surface area contributed by atoms with Crippen LogP contribution in [0.25, 0.3) is 0 Å². The van der Waals surface area contributed by atoms with E-state index >= 15 is 0 Å². The van der Waals surface area contributed by atoms with Gasteiger partial charge < -0.3 is 10.6 Å². The summed E-state index contributed by atoms with van der Waals surface area (Å²) in [5.74, 6) is 0. The van der Waals surface area contributed by atoms with Crippen molar-refractivity contribution in [3.63, 3.8) is 0 Å². The van der Waals surface area contributed by atoms with Crippen molar-refractivity contribution in [2.24, 2.45) is 5.73 Å². The molecule has 102 valence electrons. The van der Waals surface area contributed by atoms with Crippen LogP contribution in [0.15, 0.2) is 0 Å². The number of nitrogens with zero attached hydrogens (tertiary/aromatic N) is 1. The number of hydrogen-bond acceptors (Lipinski definition) is 2. The van der Waals surface area contributed by atoms with E-state index in [1.165, 1.54) is 6.42 Å². The summed E-state index contributed by atoms with van der Waals surface area (Å²) in [5, 5.41) is 0. The molecular weight excluding hydrogens is 229 g/mol. The molecule has 0 aromatic carbocycles. The molecule has 0 bridgehead atoms. The molecule has 2 nitrogen and oxygen atoms in total. The van der Waals surface area contributed by atoms with Crippen molar-refractivity contribution in [2.45, 2.75) is 56.7 Å². The van der Waals surface area contributed by atoms with Crippen LogP contribution in [-0.4, -0.2) is 36.8 Å². The third-order valence-corrected chi connectivity index (χ3v) is 3.62. The van der Waals surface area contributed by atoms with Gasteiger partial charge in [0.25, 0.3) is 0 Å². The van der Waals surface area contributed by atoms with Crippen LogP contribution in [-0.2, 0) is 0 Å². The van der Waals surface area contributed by atoms with E-state index in [1.807, 2.05) is 0 Å². The molecule has 0 saturated heterocycles. The van der Waals surface area contributed by atoms with Crippen molar-refractivity contribution < 1.29 is 13.2 Å². The van der Waals surface area contributed by atoms with Gasteiger partial charge in [-0.3, -0.25) is 0 Å². The van der Waals surface area contributed by atoms with E-state index in [0.29, 0.717) is 6.54 Å². The molecule has 1 aliphatic rings. The standard InChI is InChI=1S/C12H23F3N2/c1-17(10-8-12(13,14)15)9-7-11(16)5-3-2-4-6-11/h2-10,16H2,1H3. The highest BCUT2D eigenvalue weighted by molar-refractivity contribution is 4.87. The first-order valence-corrected chi connectivity index (χ1v) is 6.35.